The van der Waals surface area contributed by atoms with E-state index >= 15 is 0 Å². The van der Waals surface area contributed by atoms with Crippen molar-refractivity contribution in [1.82, 2.24) is 14.5 Å². The second-order valence-corrected chi connectivity index (χ2v) is 9.77. The summed E-state index contributed by atoms with van der Waals surface area (Å²) in [5.74, 6) is -0.929. The lowest BCUT2D eigenvalue weighted by atomic mass is 10.2. The van der Waals surface area contributed by atoms with Gasteiger partial charge in [-0.25, -0.2) is 12.8 Å². The van der Waals surface area contributed by atoms with Crippen LogP contribution in [0.4, 0.5) is 4.39 Å². The Morgan fingerprint density at radius 1 is 1.12 bits per heavy atom. The van der Waals surface area contributed by atoms with Crippen LogP contribution in [0.3, 0.4) is 0 Å². The van der Waals surface area contributed by atoms with Gasteiger partial charge in [0.2, 0.25) is 15.9 Å². The molecule has 0 aromatic heterocycles. The zero-order valence-electron chi connectivity index (χ0n) is 18.3. The van der Waals surface area contributed by atoms with Crippen molar-refractivity contribution in [3.05, 3.63) is 65.5 Å². The van der Waals surface area contributed by atoms with Crippen LogP contribution in [-0.4, -0.2) is 69.5 Å². The molecule has 3 rings (SSSR count). The van der Waals surface area contributed by atoms with Crippen molar-refractivity contribution in [2.75, 3.05) is 45.9 Å². The van der Waals surface area contributed by atoms with Crippen molar-refractivity contribution < 1.29 is 22.3 Å². The van der Waals surface area contributed by atoms with E-state index < -0.39 is 21.7 Å². The number of sulfonamides is 1. The molecule has 1 aliphatic rings. The molecule has 0 bridgehead atoms. The number of nitrogens with zero attached hydrogens (tertiary/aromatic N) is 2. The van der Waals surface area contributed by atoms with Gasteiger partial charge >= 0.3 is 0 Å². The monoisotopic (exact) mass is 463 g/mol. The Morgan fingerprint density at radius 2 is 1.81 bits per heavy atom. The maximum Gasteiger partial charge on any atom is 0.243 e. The van der Waals surface area contributed by atoms with Gasteiger partial charge in [0, 0.05) is 31.7 Å². The first-order valence-corrected chi connectivity index (χ1v) is 12.2. The maximum absolute atomic E-state index is 14.2. The van der Waals surface area contributed by atoms with Crippen LogP contribution in [0, 0.1) is 12.7 Å². The average Bonchev–Trinajstić information content (AvgIpc) is 2.78. The van der Waals surface area contributed by atoms with Gasteiger partial charge in [-0.15, -0.1) is 0 Å². The highest BCUT2D eigenvalue weighted by Gasteiger charge is 2.27. The average molecular weight is 464 g/mol. The number of hydrogen-bond acceptors (Lipinski definition) is 5. The van der Waals surface area contributed by atoms with Crippen molar-refractivity contribution in [2.24, 2.45) is 0 Å². The number of hydrogen-bond donors (Lipinski definition) is 1. The van der Waals surface area contributed by atoms with E-state index in [0.717, 1.165) is 35.9 Å². The summed E-state index contributed by atoms with van der Waals surface area (Å²) in [5, 5.41) is 2.79. The number of halogens is 1. The van der Waals surface area contributed by atoms with Gasteiger partial charge in [0.25, 0.3) is 0 Å². The normalized spacial score (nSPS) is 15.1. The van der Waals surface area contributed by atoms with Crippen LogP contribution in [0.15, 0.2) is 53.4 Å². The third-order valence-electron chi connectivity index (χ3n) is 5.36. The first-order chi connectivity index (χ1) is 15.4. The number of ether oxygens (including phenoxy) is 1. The van der Waals surface area contributed by atoms with E-state index in [4.69, 9.17) is 4.74 Å². The Hall–Kier alpha value is -2.33. The lowest BCUT2D eigenvalue weighted by molar-refractivity contribution is -0.121. The number of carbonyl (C=O) groups is 1. The van der Waals surface area contributed by atoms with Crippen molar-refractivity contribution in [1.29, 1.82) is 0 Å². The second-order valence-electron chi connectivity index (χ2n) is 7.84. The summed E-state index contributed by atoms with van der Waals surface area (Å²) in [6.45, 7) is 5.70. The van der Waals surface area contributed by atoms with Gasteiger partial charge in [-0.05, 0) is 38.1 Å². The summed E-state index contributed by atoms with van der Waals surface area (Å²) in [5.41, 5.74) is 1.13. The zero-order chi connectivity index (χ0) is 23.0. The molecule has 2 aromatic carbocycles. The Kier molecular flexibility index (Phi) is 8.75. The summed E-state index contributed by atoms with van der Waals surface area (Å²) in [6, 6.07) is 12.4. The van der Waals surface area contributed by atoms with Gasteiger partial charge in [-0.3, -0.25) is 9.69 Å². The molecule has 1 heterocycles. The maximum atomic E-state index is 14.2. The van der Waals surface area contributed by atoms with E-state index in [1.807, 2.05) is 6.92 Å². The molecular formula is C23H30FN3O4S. The number of benzene rings is 2. The highest BCUT2D eigenvalue weighted by atomic mass is 32.2. The van der Waals surface area contributed by atoms with E-state index in [-0.39, 0.29) is 23.5 Å². The molecule has 0 aliphatic carbocycles. The molecule has 1 fully saturated rings. The molecular weight excluding hydrogens is 433 g/mol. The number of amides is 1. The topological polar surface area (TPSA) is 79.0 Å². The Morgan fingerprint density at radius 3 is 2.50 bits per heavy atom. The van der Waals surface area contributed by atoms with Crippen molar-refractivity contribution in [3.8, 4) is 0 Å². The molecule has 32 heavy (non-hydrogen) atoms. The van der Waals surface area contributed by atoms with Crippen LogP contribution in [0.2, 0.25) is 0 Å². The number of rotatable bonds is 10. The molecule has 0 unspecified atom stereocenters. The Balaban J connectivity index is 1.65. The summed E-state index contributed by atoms with van der Waals surface area (Å²) in [4.78, 5) is 14.9. The van der Waals surface area contributed by atoms with Gasteiger partial charge in [0.1, 0.15) is 5.82 Å². The van der Waals surface area contributed by atoms with Crippen molar-refractivity contribution >= 4 is 15.9 Å². The van der Waals surface area contributed by atoms with E-state index in [1.54, 1.807) is 24.3 Å². The lowest BCUT2D eigenvalue weighted by Crippen LogP contribution is -2.42. The molecule has 1 amide bonds. The fourth-order valence-electron chi connectivity index (χ4n) is 3.47. The third kappa shape index (κ3) is 6.83. The largest absolute Gasteiger partial charge is 0.379 e. The fourth-order valence-corrected chi connectivity index (χ4v) is 4.85. The van der Waals surface area contributed by atoms with Crippen LogP contribution in [0.5, 0.6) is 0 Å². The molecule has 174 valence electrons. The molecule has 0 radical (unpaired) electrons. The zero-order valence-corrected chi connectivity index (χ0v) is 19.1. The highest BCUT2D eigenvalue weighted by Crippen LogP contribution is 2.20. The molecule has 9 heteroatoms. The lowest BCUT2D eigenvalue weighted by Gasteiger charge is -2.26. The third-order valence-corrected chi connectivity index (χ3v) is 7.17. The van der Waals surface area contributed by atoms with Crippen molar-refractivity contribution in [2.45, 2.75) is 24.8 Å². The fraction of sp³-hybridized carbons (Fsp3) is 0.435. The Bertz CT molecular complexity index is 993. The minimum Gasteiger partial charge on any atom is -0.379 e. The summed E-state index contributed by atoms with van der Waals surface area (Å²) in [7, 11) is -3.99. The number of morpholine rings is 1. The summed E-state index contributed by atoms with van der Waals surface area (Å²) in [6.07, 6.45) is 0.754. The van der Waals surface area contributed by atoms with E-state index in [9.17, 15) is 17.6 Å². The van der Waals surface area contributed by atoms with E-state index in [0.29, 0.717) is 19.8 Å². The molecule has 2 aromatic rings. The molecule has 1 saturated heterocycles. The van der Waals surface area contributed by atoms with E-state index in [2.05, 4.69) is 10.2 Å². The molecule has 0 spiro atoms. The highest BCUT2D eigenvalue weighted by molar-refractivity contribution is 7.89. The van der Waals surface area contributed by atoms with Crippen LogP contribution in [0.25, 0.3) is 0 Å². The molecule has 0 atom stereocenters. The summed E-state index contributed by atoms with van der Waals surface area (Å²) >= 11 is 0. The van der Waals surface area contributed by atoms with Gasteiger partial charge in [0.05, 0.1) is 24.7 Å². The van der Waals surface area contributed by atoms with Crippen molar-refractivity contribution in [3.63, 3.8) is 0 Å². The van der Waals surface area contributed by atoms with Gasteiger partial charge in [-0.2, -0.15) is 4.31 Å². The molecule has 1 N–H and O–H groups in total. The minimum atomic E-state index is -3.99. The molecule has 7 nitrogen and oxygen atoms in total. The van der Waals surface area contributed by atoms with Crippen LogP contribution < -0.4 is 5.32 Å². The first-order valence-electron chi connectivity index (χ1n) is 10.7. The standard InChI is InChI=1S/C23H30FN3O4S/c1-19-7-9-21(10-8-19)32(29,30)27(17-20-5-2-3-6-22(20)24)18-23(28)25-11-4-12-26-13-15-31-16-14-26/h2-3,5-10H,4,11-18H2,1H3,(H,25,28). The first kappa shape index (κ1) is 24.3. The van der Waals surface area contributed by atoms with Crippen LogP contribution in [-0.2, 0) is 26.1 Å². The predicted molar refractivity (Wildman–Crippen MR) is 120 cm³/mol. The number of aryl methyl sites for hydroxylation is 1. The Labute approximate surface area is 189 Å². The van der Waals surface area contributed by atoms with Gasteiger partial charge < -0.3 is 10.1 Å². The quantitative estimate of drug-likeness (QED) is 0.547. The molecule has 1 aliphatic heterocycles. The predicted octanol–water partition coefficient (Wildman–Crippen LogP) is 2.16. The van der Waals surface area contributed by atoms with E-state index in [1.165, 1.54) is 24.3 Å². The smallest absolute Gasteiger partial charge is 0.243 e. The van der Waals surface area contributed by atoms with Crippen LogP contribution in [0.1, 0.15) is 17.5 Å². The molecule has 0 saturated carbocycles. The SMILES string of the molecule is Cc1ccc(S(=O)(=O)N(CC(=O)NCCCN2CCOCC2)Cc2ccccc2F)cc1. The van der Waals surface area contributed by atoms with Crippen LogP contribution >= 0.6 is 0 Å². The number of carbonyl (C=O) groups excluding carboxylic acids is 1. The minimum absolute atomic E-state index is 0.0690. The van der Waals surface area contributed by atoms with Gasteiger partial charge in [-0.1, -0.05) is 35.9 Å². The van der Waals surface area contributed by atoms with Gasteiger partial charge in [0.15, 0.2) is 0 Å². The second kappa shape index (κ2) is 11.5. The number of nitrogens with one attached hydrogen (secondary N) is 1. The summed E-state index contributed by atoms with van der Waals surface area (Å²) < 4.78 is 47.0.